The molecule has 1 saturated carbocycles. The van der Waals surface area contributed by atoms with E-state index in [9.17, 15) is 9.59 Å². The summed E-state index contributed by atoms with van der Waals surface area (Å²) in [5, 5.41) is 5.06. The first kappa shape index (κ1) is 27.7. The topological polar surface area (TPSA) is 89.4 Å². The summed E-state index contributed by atoms with van der Waals surface area (Å²) in [7, 11) is 0. The summed E-state index contributed by atoms with van der Waals surface area (Å²) in [6.07, 6.45) is 11.9. The number of aromatic nitrogens is 3. The van der Waals surface area contributed by atoms with Crippen LogP contribution in [0.25, 0.3) is 27.4 Å². The fourth-order valence-electron chi connectivity index (χ4n) is 7.59. The minimum atomic E-state index is -0.557. The van der Waals surface area contributed by atoms with E-state index in [0.717, 1.165) is 29.3 Å². The van der Waals surface area contributed by atoms with Gasteiger partial charge in [-0.25, -0.2) is 4.39 Å². The normalized spacial score (nSPS) is 20.4. The Bertz CT molecular complexity index is 2030. The van der Waals surface area contributed by atoms with Crippen LogP contribution in [0, 0.1) is 17.7 Å². The number of hydrogen-bond acceptors (Lipinski definition) is 6. The van der Waals surface area contributed by atoms with E-state index >= 15 is 4.39 Å². The van der Waals surface area contributed by atoms with Gasteiger partial charge >= 0.3 is 0 Å². The van der Waals surface area contributed by atoms with Crippen molar-refractivity contribution in [2.75, 3.05) is 24.5 Å². The summed E-state index contributed by atoms with van der Waals surface area (Å²) in [5.41, 5.74) is 1.80. The van der Waals surface area contributed by atoms with Crippen molar-refractivity contribution in [3.63, 3.8) is 0 Å². The standard InChI is InChI=1S/C36H34FN5O3/c1-21-5-4-8-22(21)9-11-40-36(44)27-20-42-30-15-23-6-2-3-7-24(23)16-31(30)45-35-32(42)26(34(27)43)17-28(37)33(35)41-14-10-25(19-41)29-18-38-12-13-39-29/h2-3,6-7,12-13,15-18,20-22,25H,4-5,8-11,14,19H2,1H3,(H,40,44)/t21?,22-,25?/m0/s1. The van der Waals surface area contributed by atoms with Crippen LogP contribution >= 0.6 is 0 Å². The number of benzene rings is 3. The van der Waals surface area contributed by atoms with Gasteiger partial charge in [-0.05, 0) is 53.6 Å². The van der Waals surface area contributed by atoms with Crippen LogP contribution in [-0.4, -0.2) is 40.1 Å². The minimum Gasteiger partial charge on any atom is -0.451 e. The molecule has 1 N–H and O–H groups in total. The van der Waals surface area contributed by atoms with Gasteiger partial charge in [0.1, 0.15) is 16.8 Å². The Labute approximate surface area is 259 Å². The van der Waals surface area contributed by atoms with Crippen molar-refractivity contribution in [2.45, 2.75) is 44.9 Å². The molecule has 1 amide bonds. The van der Waals surface area contributed by atoms with E-state index in [4.69, 9.17) is 4.74 Å². The molecule has 4 heterocycles. The number of hydrogen-bond donors (Lipinski definition) is 1. The fraction of sp³-hybridized carbons (Fsp3) is 0.333. The van der Waals surface area contributed by atoms with E-state index in [1.54, 1.807) is 24.8 Å². The number of ether oxygens (including phenoxy) is 1. The number of fused-ring (bicyclic) bond motifs is 3. The highest BCUT2D eigenvalue weighted by Crippen LogP contribution is 2.48. The zero-order valence-corrected chi connectivity index (χ0v) is 25.1. The molecule has 228 valence electrons. The molecule has 2 unspecified atom stereocenters. The first-order valence-electron chi connectivity index (χ1n) is 15.9. The molecule has 1 aliphatic carbocycles. The maximum Gasteiger partial charge on any atom is 0.256 e. The molecule has 5 aromatic rings. The lowest BCUT2D eigenvalue weighted by atomic mass is 9.95. The number of pyridine rings is 1. The van der Waals surface area contributed by atoms with E-state index < -0.39 is 17.2 Å². The number of carbonyl (C=O) groups excluding carboxylic acids is 1. The zero-order chi connectivity index (χ0) is 30.7. The maximum absolute atomic E-state index is 16.3. The summed E-state index contributed by atoms with van der Waals surface area (Å²) < 4.78 is 24.6. The number of nitrogens with zero attached hydrogens (tertiary/aromatic N) is 4. The smallest absolute Gasteiger partial charge is 0.256 e. The van der Waals surface area contributed by atoms with Crippen molar-refractivity contribution in [2.24, 2.45) is 11.8 Å². The van der Waals surface area contributed by atoms with Crippen LogP contribution in [0.15, 0.2) is 72.0 Å². The molecule has 2 fully saturated rings. The molecule has 1 saturated heterocycles. The molecular formula is C36H34FN5O3. The van der Waals surface area contributed by atoms with Gasteiger partial charge in [-0.1, -0.05) is 50.5 Å². The Hall–Kier alpha value is -4.79. The molecule has 2 aromatic heterocycles. The van der Waals surface area contributed by atoms with Crippen molar-refractivity contribution < 1.29 is 13.9 Å². The first-order chi connectivity index (χ1) is 22.0. The second-order valence-electron chi connectivity index (χ2n) is 12.7. The summed E-state index contributed by atoms with van der Waals surface area (Å²) in [5.74, 6) is 1.12. The van der Waals surface area contributed by atoms with E-state index in [1.807, 2.05) is 45.9 Å². The molecule has 9 heteroatoms. The van der Waals surface area contributed by atoms with Crippen LogP contribution in [0.4, 0.5) is 10.1 Å². The summed E-state index contributed by atoms with van der Waals surface area (Å²) in [6, 6.07) is 13.1. The number of carbonyl (C=O) groups is 1. The Kier molecular flexibility index (Phi) is 6.77. The molecule has 3 atom stereocenters. The van der Waals surface area contributed by atoms with Gasteiger partial charge in [0.15, 0.2) is 17.3 Å². The molecule has 2 aliphatic heterocycles. The molecule has 0 radical (unpaired) electrons. The predicted molar refractivity (Wildman–Crippen MR) is 172 cm³/mol. The minimum absolute atomic E-state index is 0.00929. The number of halogens is 1. The summed E-state index contributed by atoms with van der Waals surface area (Å²) >= 11 is 0. The van der Waals surface area contributed by atoms with Crippen molar-refractivity contribution in [1.29, 1.82) is 0 Å². The number of amides is 1. The molecule has 8 nitrogen and oxygen atoms in total. The molecule has 0 spiro atoms. The van der Waals surface area contributed by atoms with Gasteiger partial charge in [-0.3, -0.25) is 19.6 Å². The van der Waals surface area contributed by atoms with Crippen molar-refractivity contribution in [3.8, 4) is 17.2 Å². The van der Waals surface area contributed by atoms with Crippen LogP contribution in [-0.2, 0) is 0 Å². The largest absolute Gasteiger partial charge is 0.451 e. The van der Waals surface area contributed by atoms with E-state index in [2.05, 4.69) is 22.2 Å². The van der Waals surface area contributed by atoms with Crippen LogP contribution in [0.3, 0.4) is 0 Å². The van der Waals surface area contributed by atoms with Gasteiger partial charge in [0.25, 0.3) is 5.91 Å². The zero-order valence-electron chi connectivity index (χ0n) is 25.1. The number of nitrogens with one attached hydrogen (secondary N) is 1. The Balaban J connectivity index is 1.24. The average Bonchev–Trinajstić information content (AvgIpc) is 3.71. The number of anilines is 1. The maximum atomic E-state index is 16.3. The second kappa shape index (κ2) is 11.0. The van der Waals surface area contributed by atoms with Gasteiger partial charge in [0.05, 0.1) is 16.8 Å². The quantitative estimate of drug-likeness (QED) is 0.227. The highest BCUT2D eigenvalue weighted by Gasteiger charge is 2.34. The lowest BCUT2D eigenvalue weighted by Crippen LogP contribution is -2.32. The summed E-state index contributed by atoms with van der Waals surface area (Å²) in [4.78, 5) is 38.1. The SMILES string of the molecule is CC1CCC[C@H]1CCNC(=O)c1cn2c3c(c(N4CCC(c5cnccn5)C4)c(F)cc3c1=O)Oc1cc3ccccc3cc1-2. The highest BCUT2D eigenvalue weighted by atomic mass is 19.1. The fourth-order valence-corrected chi connectivity index (χ4v) is 7.59. The lowest BCUT2D eigenvalue weighted by Gasteiger charge is -2.29. The van der Waals surface area contributed by atoms with E-state index in [-0.39, 0.29) is 22.6 Å². The van der Waals surface area contributed by atoms with Crippen LogP contribution < -0.4 is 20.4 Å². The molecule has 8 rings (SSSR count). The Morgan fingerprint density at radius 2 is 1.96 bits per heavy atom. The second-order valence-corrected chi connectivity index (χ2v) is 12.7. The molecule has 3 aliphatic rings. The lowest BCUT2D eigenvalue weighted by molar-refractivity contribution is 0.0949. The molecule has 45 heavy (non-hydrogen) atoms. The average molecular weight is 604 g/mol. The third kappa shape index (κ3) is 4.72. The highest BCUT2D eigenvalue weighted by molar-refractivity contribution is 6.02. The van der Waals surface area contributed by atoms with Gasteiger partial charge < -0.3 is 19.5 Å². The van der Waals surface area contributed by atoms with Crippen LogP contribution in [0.5, 0.6) is 11.5 Å². The van der Waals surface area contributed by atoms with Gasteiger partial charge in [-0.15, -0.1) is 0 Å². The summed E-state index contributed by atoms with van der Waals surface area (Å²) in [6.45, 7) is 3.89. The predicted octanol–water partition coefficient (Wildman–Crippen LogP) is 6.73. The third-order valence-electron chi connectivity index (χ3n) is 10.1. The van der Waals surface area contributed by atoms with Gasteiger partial charge in [0, 0.05) is 50.3 Å². The Morgan fingerprint density at radius 1 is 1.11 bits per heavy atom. The third-order valence-corrected chi connectivity index (χ3v) is 10.1. The van der Waals surface area contributed by atoms with Crippen molar-refractivity contribution in [3.05, 3.63) is 94.5 Å². The molecular weight excluding hydrogens is 569 g/mol. The first-order valence-corrected chi connectivity index (χ1v) is 15.9. The van der Waals surface area contributed by atoms with Crippen molar-refractivity contribution in [1.82, 2.24) is 19.9 Å². The Morgan fingerprint density at radius 3 is 2.73 bits per heavy atom. The van der Waals surface area contributed by atoms with Crippen molar-refractivity contribution >= 4 is 33.3 Å². The van der Waals surface area contributed by atoms with Gasteiger partial charge in [-0.2, -0.15) is 0 Å². The molecule has 3 aromatic carbocycles. The monoisotopic (exact) mass is 603 g/mol. The van der Waals surface area contributed by atoms with Gasteiger partial charge in [0.2, 0.25) is 5.43 Å². The van der Waals surface area contributed by atoms with Crippen LogP contribution in [0.2, 0.25) is 0 Å². The van der Waals surface area contributed by atoms with E-state index in [0.29, 0.717) is 54.1 Å². The molecule has 0 bridgehead atoms. The van der Waals surface area contributed by atoms with Crippen LogP contribution in [0.1, 0.15) is 61.0 Å². The number of rotatable bonds is 6. The van der Waals surface area contributed by atoms with E-state index in [1.165, 1.54) is 25.3 Å².